The number of nitrogens with one attached hydrogen (secondary N) is 1. The Morgan fingerprint density at radius 1 is 1.11 bits per heavy atom. The second-order valence-corrected chi connectivity index (χ2v) is 7.86. The number of benzene rings is 2. The lowest BCUT2D eigenvalue weighted by atomic mass is 9.99. The van der Waals surface area contributed by atoms with E-state index in [-0.39, 0.29) is 11.7 Å². The van der Waals surface area contributed by atoms with Crippen LogP contribution in [0.2, 0.25) is 0 Å². The van der Waals surface area contributed by atoms with Crippen LogP contribution < -0.4 is 5.32 Å². The van der Waals surface area contributed by atoms with Crippen molar-refractivity contribution in [2.75, 3.05) is 11.1 Å². The first-order chi connectivity index (χ1) is 13.5. The number of para-hydroxylation sites is 1. The highest BCUT2D eigenvalue weighted by atomic mass is 32.2. The zero-order valence-electron chi connectivity index (χ0n) is 16.8. The van der Waals surface area contributed by atoms with E-state index in [0.717, 1.165) is 29.2 Å². The van der Waals surface area contributed by atoms with Crippen molar-refractivity contribution in [1.82, 2.24) is 14.8 Å². The van der Waals surface area contributed by atoms with Crippen LogP contribution in [0.1, 0.15) is 43.1 Å². The third-order valence-electron chi connectivity index (χ3n) is 4.86. The van der Waals surface area contributed by atoms with E-state index < -0.39 is 0 Å². The summed E-state index contributed by atoms with van der Waals surface area (Å²) in [5.74, 6) is 1.55. The SMILES string of the molecule is CCC(C)c1ccc(NC(=O)CSc2nnc(C)n2-c2ccccc2C)cc1. The maximum Gasteiger partial charge on any atom is 0.234 e. The highest BCUT2D eigenvalue weighted by Crippen LogP contribution is 2.24. The second kappa shape index (κ2) is 9.06. The topological polar surface area (TPSA) is 59.8 Å². The van der Waals surface area contributed by atoms with E-state index >= 15 is 0 Å². The van der Waals surface area contributed by atoms with Crippen molar-refractivity contribution in [3.63, 3.8) is 0 Å². The van der Waals surface area contributed by atoms with E-state index in [4.69, 9.17) is 0 Å². The molecule has 0 aliphatic rings. The van der Waals surface area contributed by atoms with Gasteiger partial charge < -0.3 is 5.32 Å². The highest BCUT2D eigenvalue weighted by Gasteiger charge is 2.14. The molecule has 0 spiro atoms. The number of rotatable bonds is 7. The summed E-state index contributed by atoms with van der Waals surface area (Å²) < 4.78 is 1.99. The van der Waals surface area contributed by atoms with Gasteiger partial charge in [-0.15, -0.1) is 10.2 Å². The summed E-state index contributed by atoms with van der Waals surface area (Å²) in [5, 5.41) is 12.1. The van der Waals surface area contributed by atoms with Crippen LogP contribution in [0.15, 0.2) is 53.7 Å². The van der Waals surface area contributed by atoms with Crippen molar-refractivity contribution in [1.29, 1.82) is 0 Å². The number of hydrogen-bond acceptors (Lipinski definition) is 4. The molecule has 1 amide bonds. The molecule has 0 bridgehead atoms. The molecule has 1 heterocycles. The number of thioether (sulfide) groups is 1. The average Bonchev–Trinajstić information content (AvgIpc) is 3.07. The fourth-order valence-corrected chi connectivity index (χ4v) is 3.78. The van der Waals surface area contributed by atoms with Gasteiger partial charge in [0.2, 0.25) is 5.91 Å². The van der Waals surface area contributed by atoms with E-state index in [0.29, 0.717) is 11.1 Å². The summed E-state index contributed by atoms with van der Waals surface area (Å²) in [6, 6.07) is 16.2. The molecule has 0 fully saturated rings. The first kappa shape index (κ1) is 20.1. The van der Waals surface area contributed by atoms with Crippen LogP contribution in [0.25, 0.3) is 5.69 Å². The van der Waals surface area contributed by atoms with Crippen LogP contribution in [0.3, 0.4) is 0 Å². The quantitative estimate of drug-likeness (QED) is 0.565. The molecule has 3 aromatic rings. The normalized spacial score (nSPS) is 12.0. The molecule has 0 aliphatic heterocycles. The standard InChI is InChI=1S/C22H26N4OS/c1-5-15(2)18-10-12-19(13-11-18)23-21(27)14-28-22-25-24-17(4)26(22)20-9-7-6-8-16(20)3/h6-13,15H,5,14H2,1-4H3,(H,23,27). The van der Waals surface area contributed by atoms with Crippen LogP contribution >= 0.6 is 11.8 Å². The molecule has 1 N–H and O–H groups in total. The van der Waals surface area contributed by atoms with Crippen LogP contribution in [0.5, 0.6) is 0 Å². The van der Waals surface area contributed by atoms with Crippen LogP contribution in [0, 0.1) is 13.8 Å². The molecule has 5 nitrogen and oxygen atoms in total. The maximum absolute atomic E-state index is 12.4. The van der Waals surface area contributed by atoms with Crippen molar-refractivity contribution in [3.05, 3.63) is 65.5 Å². The Kier molecular flexibility index (Phi) is 6.52. The molecule has 0 saturated heterocycles. The lowest BCUT2D eigenvalue weighted by Gasteiger charge is -2.12. The number of aromatic nitrogens is 3. The van der Waals surface area contributed by atoms with Crippen molar-refractivity contribution in [2.45, 2.75) is 45.2 Å². The van der Waals surface area contributed by atoms with Gasteiger partial charge in [-0.2, -0.15) is 0 Å². The Morgan fingerprint density at radius 3 is 2.50 bits per heavy atom. The number of aryl methyl sites for hydroxylation is 2. The van der Waals surface area contributed by atoms with Gasteiger partial charge in [0.1, 0.15) is 5.82 Å². The summed E-state index contributed by atoms with van der Waals surface area (Å²) in [6.45, 7) is 8.35. The molecule has 0 radical (unpaired) electrons. The third-order valence-corrected chi connectivity index (χ3v) is 5.79. The van der Waals surface area contributed by atoms with Gasteiger partial charge in [0, 0.05) is 5.69 Å². The molecule has 2 aromatic carbocycles. The van der Waals surface area contributed by atoms with Gasteiger partial charge in [0.15, 0.2) is 5.16 Å². The van der Waals surface area contributed by atoms with E-state index in [1.807, 2.05) is 41.8 Å². The Hall–Kier alpha value is -2.60. The van der Waals surface area contributed by atoms with Crippen LogP contribution in [-0.2, 0) is 4.79 Å². The fourth-order valence-electron chi connectivity index (χ4n) is 2.99. The summed E-state index contributed by atoms with van der Waals surface area (Å²) in [7, 11) is 0. The minimum absolute atomic E-state index is 0.0572. The average molecular weight is 395 g/mol. The van der Waals surface area contributed by atoms with Gasteiger partial charge in [0.25, 0.3) is 0 Å². The smallest absolute Gasteiger partial charge is 0.234 e. The molecule has 1 aromatic heterocycles. The molecular formula is C22H26N4OS. The first-order valence-corrected chi connectivity index (χ1v) is 10.5. The Labute approximate surface area is 170 Å². The zero-order valence-corrected chi connectivity index (χ0v) is 17.6. The van der Waals surface area contributed by atoms with Gasteiger partial charge in [0.05, 0.1) is 11.4 Å². The Morgan fingerprint density at radius 2 is 1.82 bits per heavy atom. The molecule has 146 valence electrons. The van der Waals surface area contributed by atoms with Gasteiger partial charge in [-0.25, -0.2) is 0 Å². The molecule has 1 unspecified atom stereocenters. The van der Waals surface area contributed by atoms with Gasteiger partial charge >= 0.3 is 0 Å². The molecular weight excluding hydrogens is 368 g/mol. The van der Waals surface area contributed by atoms with Crippen molar-refractivity contribution in [3.8, 4) is 5.69 Å². The lowest BCUT2D eigenvalue weighted by molar-refractivity contribution is -0.113. The number of amides is 1. The number of hydrogen-bond donors (Lipinski definition) is 1. The minimum atomic E-state index is -0.0572. The predicted octanol–water partition coefficient (Wildman–Crippen LogP) is 5.13. The van der Waals surface area contributed by atoms with Gasteiger partial charge in [-0.3, -0.25) is 9.36 Å². The van der Waals surface area contributed by atoms with E-state index in [9.17, 15) is 4.79 Å². The molecule has 0 saturated carbocycles. The maximum atomic E-state index is 12.4. The summed E-state index contributed by atoms with van der Waals surface area (Å²) >= 11 is 1.39. The van der Waals surface area contributed by atoms with Crippen molar-refractivity contribution < 1.29 is 4.79 Å². The predicted molar refractivity (Wildman–Crippen MR) is 115 cm³/mol. The Balaban J connectivity index is 1.65. The molecule has 3 rings (SSSR count). The van der Waals surface area contributed by atoms with Crippen molar-refractivity contribution >= 4 is 23.4 Å². The number of nitrogens with zero attached hydrogens (tertiary/aromatic N) is 3. The summed E-state index contributed by atoms with van der Waals surface area (Å²) in [6.07, 6.45) is 1.10. The largest absolute Gasteiger partial charge is 0.325 e. The number of carbonyl (C=O) groups is 1. The Bertz CT molecular complexity index is 949. The van der Waals surface area contributed by atoms with Crippen molar-refractivity contribution in [2.24, 2.45) is 0 Å². The monoisotopic (exact) mass is 394 g/mol. The van der Waals surface area contributed by atoms with Crippen LogP contribution in [0.4, 0.5) is 5.69 Å². The lowest BCUT2D eigenvalue weighted by Crippen LogP contribution is -2.14. The van der Waals surface area contributed by atoms with E-state index in [1.165, 1.54) is 17.3 Å². The third kappa shape index (κ3) is 4.62. The summed E-state index contributed by atoms with van der Waals surface area (Å²) in [5.41, 5.74) is 4.28. The highest BCUT2D eigenvalue weighted by molar-refractivity contribution is 7.99. The number of anilines is 1. The fraction of sp³-hybridized carbons (Fsp3) is 0.318. The minimum Gasteiger partial charge on any atom is -0.325 e. The van der Waals surface area contributed by atoms with Gasteiger partial charge in [-0.05, 0) is 55.5 Å². The summed E-state index contributed by atoms with van der Waals surface area (Å²) in [4.78, 5) is 12.4. The first-order valence-electron chi connectivity index (χ1n) is 9.50. The molecule has 6 heteroatoms. The number of carbonyl (C=O) groups excluding carboxylic acids is 1. The molecule has 1 atom stereocenters. The zero-order chi connectivity index (χ0) is 20.1. The van der Waals surface area contributed by atoms with Gasteiger partial charge in [-0.1, -0.05) is 55.9 Å². The second-order valence-electron chi connectivity index (χ2n) is 6.92. The molecule has 0 aliphatic carbocycles. The molecule has 28 heavy (non-hydrogen) atoms. The van der Waals surface area contributed by atoms with E-state index in [1.54, 1.807) is 0 Å². The van der Waals surface area contributed by atoms with Crippen LogP contribution in [-0.4, -0.2) is 26.4 Å². The van der Waals surface area contributed by atoms with E-state index in [2.05, 4.69) is 54.5 Å².